The first-order valence-corrected chi connectivity index (χ1v) is 10.0. The van der Waals surface area contributed by atoms with Crippen LogP contribution in [0.2, 0.25) is 0 Å². The molecule has 0 spiro atoms. The fourth-order valence-corrected chi connectivity index (χ4v) is 4.09. The highest BCUT2D eigenvalue weighted by molar-refractivity contribution is 5.82. The number of fused-ring (bicyclic) bond motifs is 2. The van der Waals surface area contributed by atoms with E-state index in [0.717, 1.165) is 5.56 Å². The maximum atomic E-state index is 9.73. The third kappa shape index (κ3) is 3.33. The van der Waals surface area contributed by atoms with Gasteiger partial charge in [0.15, 0.2) is 29.0 Å². The second kappa shape index (κ2) is 7.28. The van der Waals surface area contributed by atoms with Crippen LogP contribution in [0.4, 0.5) is 5.82 Å². The summed E-state index contributed by atoms with van der Waals surface area (Å²) in [7, 11) is 0. The molecule has 1 unspecified atom stereocenters. The first-order valence-electron chi connectivity index (χ1n) is 10.0. The summed E-state index contributed by atoms with van der Waals surface area (Å²) in [4.78, 5) is 13.3. The van der Waals surface area contributed by atoms with Crippen molar-refractivity contribution in [3.05, 3.63) is 48.0 Å². The number of aromatic nitrogens is 4. The predicted molar refractivity (Wildman–Crippen MR) is 109 cm³/mol. The number of benzene rings is 1. The van der Waals surface area contributed by atoms with Gasteiger partial charge in [-0.25, -0.2) is 15.0 Å². The van der Waals surface area contributed by atoms with E-state index in [-0.39, 0.29) is 18.8 Å². The van der Waals surface area contributed by atoms with Gasteiger partial charge in [0.2, 0.25) is 0 Å². The molecular formula is C21H25N5O4. The Hall–Kier alpha value is -2.59. The van der Waals surface area contributed by atoms with Crippen molar-refractivity contribution in [2.45, 2.75) is 57.6 Å². The molecule has 3 aromatic rings. The maximum absolute atomic E-state index is 9.73. The van der Waals surface area contributed by atoms with E-state index in [0.29, 0.717) is 23.5 Å². The summed E-state index contributed by atoms with van der Waals surface area (Å²) in [6, 6.07) is 8.33. The van der Waals surface area contributed by atoms with Gasteiger partial charge in [-0.05, 0) is 26.3 Å². The molecule has 2 fully saturated rings. The standard InChI is InChI=1S/C21H25N5O4/c1-12-4-6-13(7-5-12)8-22-18-15-19(24-10-23-18)26(11-25-15)20-17-16(14(9-27)28-20)29-21(2,3)30-17/h4-7,10-11,14,16-17,20,27H,8-9H2,1-3H3,(H,22,23,24)/t14-,16?,17+,20-/m1/s1. The largest absolute Gasteiger partial charge is 0.394 e. The first kappa shape index (κ1) is 19.4. The number of nitrogens with zero attached hydrogens (tertiary/aromatic N) is 4. The molecule has 4 heterocycles. The third-order valence-electron chi connectivity index (χ3n) is 5.52. The number of ether oxygens (including phenoxy) is 3. The van der Waals surface area contributed by atoms with Crippen LogP contribution in [-0.4, -0.2) is 55.3 Å². The predicted octanol–water partition coefficient (Wildman–Crippen LogP) is 2.16. The molecule has 5 rings (SSSR count). The van der Waals surface area contributed by atoms with Crippen molar-refractivity contribution in [3.8, 4) is 0 Å². The number of rotatable bonds is 5. The molecule has 2 aliphatic rings. The first-order chi connectivity index (χ1) is 14.4. The highest BCUT2D eigenvalue weighted by atomic mass is 16.8. The molecule has 2 aromatic heterocycles. The van der Waals surface area contributed by atoms with Gasteiger partial charge in [-0.2, -0.15) is 0 Å². The molecule has 9 heteroatoms. The van der Waals surface area contributed by atoms with Gasteiger partial charge in [-0.1, -0.05) is 29.8 Å². The number of aliphatic hydroxyl groups excluding tert-OH is 1. The van der Waals surface area contributed by atoms with Gasteiger partial charge in [0.05, 0.1) is 12.9 Å². The second-order valence-corrected chi connectivity index (χ2v) is 8.20. The van der Waals surface area contributed by atoms with E-state index < -0.39 is 18.1 Å². The molecule has 9 nitrogen and oxygen atoms in total. The Morgan fingerprint density at radius 1 is 1.10 bits per heavy atom. The van der Waals surface area contributed by atoms with Crippen molar-refractivity contribution in [2.75, 3.05) is 11.9 Å². The zero-order valence-electron chi connectivity index (χ0n) is 17.1. The summed E-state index contributed by atoms with van der Waals surface area (Å²) in [6.07, 6.45) is 1.48. The van der Waals surface area contributed by atoms with Crippen LogP contribution in [0.15, 0.2) is 36.9 Å². The Balaban J connectivity index is 1.42. The molecule has 2 saturated heterocycles. The molecule has 2 N–H and O–H groups in total. The lowest BCUT2D eigenvalue weighted by molar-refractivity contribution is -0.199. The number of aryl methyl sites for hydroxylation is 1. The van der Waals surface area contributed by atoms with E-state index in [9.17, 15) is 5.11 Å². The van der Waals surface area contributed by atoms with E-state index in [2.05, 4.69) is 51.5 Å². The minimum Gasteiger partial charge on any atom is -0.394 e. The Morgan fingerprint density at radius 3 is 2.63 bits per heavy atom. The van der Waals surface area contributed by atoms with E-state index in [1.54, 1.807) is 6.33 Å². The fraction of sp³-hybridized carbons (Fsp3) is 0.476. The van der Waals surface area contributed by atoms with Gasteiger partial charge >= 0.3 is 0 Å². The molecule has 30 heavy (non-hydrogen) atoms. The monoisotopic (exact) mass is 411 g/mol. The van der Waals surface area contributed by atoms with Crippen LogP contribution < -0.4 is 5.32 Å². The molecule has 0 saturated carbocycles. The lowest BCUT2D eigenvalue weighted by Gasteiger charge is -2.24. The van der Waals surface area contributed by atoms with Crippen LogP contribution in [0.1, 0.15) is 31.2 Å². The molecule has 0 bridgehead atoms. The summed E-state index contributed by atoms with van der Waals surface area (Å²) >= 11 is 0. The van der Waals surface area contributed by atoms with Crippen LogP contribution in [-0.2, 0) is 20.8 Å². The zero-order valence-corrected chi connectivity index (χ0v) is 17.1. The van der Waals surface area contributed by atoms with Gasteiger partial charge in [0.25, 0.3) is 0 Å². The van der Waals surface area contributed by atoms with Crippen LogP contribution >= 0.6 is 0 Å². The molecule has 2 aliphatic heterocycles. The molecule has 4 atom stereocenters. The fourth-order valence-electron chi connectivity index (χ4n) is 4.09. The topological polar surface area (TPSA) is 104 Å². The van der Waals surface area contributed by atoms with Crippen molar-refractivity contribution >= 4 is 17.0 Å². The van der Waals surface area contributed by atoms with E-state index in [1.807, 2.05) is 18.4 Å². The Labute approximate surface area is 174 Å². The van der Waals surface area contributed by atoms with Crippen LogP contribution in [0.25, 0.3) is 11.2 Å². The van der Waals surface area contributed by atoms with Crippen molar-refractivity contribution in [1.82, 2.24) is 19.5 Å². The average Bonchev–Trinajstić information content (AvgIpc) is 3.38. The summed E-state index contributed by atoms with van der Waals surface area (Å²) < 4.78 is 19.9. The highest BCUT2D eigenvalue weighted by Crippen LogP contribution is 2.43. The Morgan fingerprint density at radius 2 is 1.87 bits per heavy atom. The smallest absolute Gasteiger partial charge is 0.167 e. The number of hydrogen-bond acceptors (Lipinski definition) is 8. The lowest BCUT2D eigenvalue weighted by atomic mass is 10.1. The molecular weight excluding hydrogens is 386 g/mol. The van der Waals surface area contributed by atoms with Gasteiger partial charge in [0, 0.05) is 6.54 Å². The molecule has 0 amide bonds. The minimum absolute atomic E-state index is 0.151. The number of imidazole rings is 1. The van der Waals surface area contributed by atoms with E-state index in [1.165, 1.54) is 11.9 Å². The number of anilines is 1. The number of nitrogens with one attached hydrogen (secondary N) is 1. The zero-order chi connectivity index (χ0) is 20.9. The van der Waals surface area contributed by atoms with E-state index in [4.69, 9.17) is 14.2 Å². The van der Waals surface area contributed by atoms with Crippen molar-refractivity contribution < 1.29 is 19.3 Å². The highest BCUT2D eigenvalue weighted by Gasteiger charge is 2.55. The summed E-state index contributed by atoms with van der Waals surface area (Å²) in [6.45, 7) is 6.26. The third-order valence-corrected chi connectivity index (χ3v) is 5.52. The van der Waals surface area contributed by atoms with Gasteiger partial charge in [0.1, 0.15) is 24.6 Å². The SMILES string of the molecule is Cc1ccc(CNc2ncnc3c2ncn3[C@@H]2O[C@H](CO)C3OC(C)(C)O[C@@H]32)cc1. The van der Waals surface area contributed by atoms with Gasteiger partial charge < -0.3 is 24.6 Å². The van der Waals surface area contributed by atoms with Crippen LogP contribution in [0.3, 0.4) is 0 Å². The summed E-state index contributed by atoms with van der Waals surface area (Å²) in [5.41, 5.74) is 3.65. The number of hydrogen-bond donors (Lipinski definition) is 2. The van der Waals surface area contributed by atoms with Crippen LogP contribution in [0, 0.1) is 6.92 Å². The van der Waals surface area contributed by atoms with Crippen LogP contribution in [0.5, 0.6) is 0 Å². The molecule has 0 aliphatic carbocycles. The van der Waals surface area contributed by atoms with Gasteiger partial charge in [-0.15, -0.1) is 0 Å². The molecule has 0 radical (unpaired) electrons. The van der Waals surface area contributed by atoms with Gasteiger partial charge in [-0.3, -0.25) is 4.57 Å². The average molecular weight is 411 g/mol. The lowest BCUT2D eigenvalue weighted by Crippen LogP contribution is -2.31. The Bertz CT molecular complexity index is 1050. The second-order valence-electron chi connectivity index (χ2n) is 8.20. The normalized spacial score (nSPS) is 27.5. The quantitative estimate of drug-likeness (QED) is 0.658. The maximum Gasteiger partial charge on any atom is 0.167 e. The minimum atomic E-state index is -0.739. The van der Waals surface area contributed by atoms with Crippen molar-refractivity contribution in [3.63, 3.8) is 0 Å². The molecule has 158 valence electrons. The Kier molecular flexibility index (Phi) is 4.70. The molecule has 1 aromatic carbocycles. The summed E-state index contributed by atoms with van der Waals surface area (Å²) in [5, 5.41) is 13.1. The summed E-state index contributed by atoms with van der Waals surface area (Å²) in [5.74, 6) is -0.0896. The number of aliphatic hydroxyl groups is 1. The van der Waals surface area contributed by atoms with Crippen molar-refractivity contribution in [1.29, 1.82) is 0 Å². The van der Waals surface area contributed by atoms with Crippen molar-refractivity contribution in [2.24, 2.45) is 0 Å². The van der Waals surface area contributed by atoms with E-state index >= 15 is 0 Å².